The predicted molar refractivity (Wildman–Crippen MR) is 99.6 cm³/mol. The third kappa shape index (κ3) is 4.23. The highest BCUT2D eigenvalue weighted by Gasteiger charge is 2.29. The van der Waals surface area contributed by atoms with E-state index in [4.69, 9.17) is 0 Å². The summed E-state index contributed by atoms with van der Waals surface area (Å²) in [5.41, 5.74) is 2.95. The van der Waals surface area contributed by atoms with Gasteiger partial charge in [0.25, 0.3) is 5.91 Å². The highest BCUT2D eigenvalue weighted by molar-refractivity contribution is 5.96. The van der Waals surface area contributed by atoms with Crippen LogP contribution in [0.2, 0.25) is 0 Å². The molecule has 0 aromatic heterocycles. The molecule has 1 heterocycles. The van der Waals surface area contributed by atoms with Crippen molar-refractivity contribution in [2.45, 2.75) is 64.8 Å². The van der Waals surface area contributed by atoms with Crippen LogP contribution in [-0.4, -0.2) is 35.8 Å². The van der Waals surface area contributed by atoms with Crippen molar-refractivity contribution in [3.63, 3.8) is 0 Å². The third-order valence-corrected chi connectivity index (χ3v) is 5.95. The van der Waals surface area contributed by atoms with Crippen molar-refractivity contribution in [2.75, 3.05) is 13.1 Å². The van der Waals surface area contributed by atoms with E-state index < -0.39 is 0 Å². The highest BCUT2D eigenvalue weighted by Crippen LogP contribution is 2.26. The van der Waals surface area contributed by atoms with Crippen molar-refractivity contribution in [2.24, 2.45) is 5.92 Å². The molecule has 4 nitrogen and oxygen atoms in total. The van der Waals surface area contributed by atoms with Gasteiger partial charge in [-0.15, -0.1) is 0 Å². The molecule has 1 aromatic carbocycles. The topological polar surface area (TPSA) is 49.4 Å². The summed E-state index contributed by atoms with van der Waals surface area (Å²) in [7, 11) is 0. The van der Waals surface area contributed by atoms with E-state index in [1.165, 1.54) is 19.3 Å². The quantitative estimate of drug-likeness (QED) is 0.912. The van der Waals surface area contributed by atoms with Gasteiger partial charge in [0.05, 0.1) is 0 Å². The van der Waals surface area contributed by atoms with E-state index in [1.807, 2.05) is 36.9 Å². The number of piperidine rings is 1. The Morgan fingerprint density at radius 2 is 1.68 bits per heavy atom. The second kappa shape index (κ2) is 8.03. The van der Waals surface area contributed by atoms with Gasteiger partial charge in [-0.05, 0) is 56.7 Å². The Balaban J connectivity index is 1.51. The number of nitrogens with zero attached hydrogens (tertiary/aromatic N) is 1. The average molecular weight is 342 g/mol. The number of rotatable bonds is 3. The van der Waals surface area contributed by atoms with Crippen molar-refractivity contribution in [1.82, 2.24) is 10.2 Å². The summed E-state index contributed by atoms with van der Waals surface area (Å²) in [6.07, 6.45) is 7.49. The SMILES string of the molecule is Cc1cccc(C(=O)NC2CCN(C(=O)C3CCCCC3)CC2)c1C. The molecule has 0 radical (unpaired) electrons. The first-order valence-electron chi connectivity index (χ1n) is 9.72. The van der Waals surface area contributed by atoms with Crippen molar-refractivity contribution >= 4 is 11.8 Å². The van der Waals surface area contributed by atoms with Crippen LogP contribution in [0.25, 0.3) is 0 Å². The molecule has 0 bridgehead atoms. The fourth-order valence-electron chi connectivity index (χ4n) is 4.11. The zero-order valence-electron chi connectivity index (χ0n) is 15.5. The van der Waals surface area contributed by atoms with E-state index in [9.17, 15) is 9.59 Å². The van der Waals surface area contributed by atoms with Gasteiger partial charge in [-0.25, -0.2) is 0 Å². The lowest BCUT2D eigenvalue weighted by atomic mass is 9.87. The first-order chi connectivity index (χ1) is 12.1. The molecular formula is C21H30N2O2. The maximum atomic E-state index is 12.6. The zero-order chi connectivity index (χ0) is 17.8. The predicted octanol–water partition coefficient (Wildman–Crippen LogP) is 3.60. The van der Waals surface area contributed by atoms with Gasteiger partial charge >= 0.3 is 0 Å². The highest BCUT2D eigenvalue weighted by atomic mass is 16.2. The molecule has 1 aliphatic carbocycles. The molecule has 1 saturated heterocycles. The molecule has 0 atom stereocenters. The Hall–Kier alpha value is -1.84. The smallest absolute Gasteiger partial charge is 0.251 e. The molecule has 1 aliphatic heterocycles. The molecule has 3 rings (SSSR count). The first-order valence-corrected chi connectivity index (χ1v) is 9.72. The zero-order valence-corrected chi connectivity index (χ0v) is 15.5. The largest absolute Gasteiger partial charge is 0.349 e. The lowest BCUT2D eigenvalue weighted by Crippen LogP contribution is -2.48. The van der Waals surface area contributed by atoms with Crippen molar-refractivity contribution in [1.29, 1.82) is 0 Å². The molecule has 4 heteroatoms. The summed E-state index contributed by atoms with van der Waals surface area (Å²) in [5.74, 6) is 0.604. The van der Waals surface area contributed by atoms with Gasteiger partial charge in [-0.2, -0.15) is 0 Å². The minimum Gasteiger partial charge on any atom is -0.349 e. The summed E-state index contributed by atoms with van der Waals surface area (Å²) < 4.78 is 0. The summed E-state index contributed by atoms with van der Waals surface area (Å²) in [4.78, 5) is 27.2. The van der Waals surface area contributed by atoms with Crippen molar-refractivity contribution < 1.29 is 9.59 Å². The van der Waals surface area contributed by atoms with E-state index in [-0.39, 0.29) is 17.9 Å². The minimum atomic E-state index is 0.0123. The van der Waals surface area contributed by atoms with Crippen LogP contribution in [0.3, 0.4) is 0 Å². The molecule has 1 aromatic rings. The number of carbonyl (C=O) groups is 2. The molecule has 136 valence electrons. The maximum Gasteiger partial charge on any atom is 0.251 e. The summed E-state index contributed by atoms with van der Waals surface area (Å²) >= 11 is 0. The lowest BCUT2D eigenvalue weighted by molar-refractivity contribution is -0.137. The Morgan fingerprint density at radius 1 is 1.00 bits per heavy atom. The van der Waals surface area contributed by atoms with Crippen LogP contribution in [0.4, 0.5) is 0 Å². The number of hydrogen-bond acceptors (Lipinski definition) is 2. The number of amides is 2. The number of benzene rings is 1. The number of hydrogen-bond donors (Lipinski definition) is 1. The van der Waals surface area contributed by atoms with Gasteiger partial charge in [0.2, 0.25) is 5.91 Å². The fourth-order valence-corrected chi connectivity index (χ4v) is 4.11. The number of nitrogens with one attached hydrogen (secondary N) is 1. The second-order valence-corrected chi connectivity index (χ2v) is 7.66. The Morgan fingerprint density at radius 3 is 2.36 bits per heavy atom. The molecule has 2 fully saturated rings. The van der Waals surface area contributed by atoms with Gasteiger partial charge in [0.1, 0.15) is 0 Å². The van der Waals surface area contributed by atoms with E-state index in [2.05, 4.69) is 5.32 Å². The fraction of sp³-hybridized carbons (Fsp3) is 0.619. The molecule has 25 heavy (non-hydrogen) atoms. The standard InChI is InChI=1S/C21H30N2O2/c1-15-7-6-10-19(16(15)2)20(24)22-18-11-13-23(14-12-18)21(25)17-8-4-3-5-9-17/h6-7,10,17-18H,3-5,8-9,11-14H2,1-2H3,(H,22,24). The average Bonchev–Trinajstić information content (AvgIpc) is 2.64. The number of aryl methyl sites for hydroxylation is 1. The number of carbonyl (C=O) groups excluding carboxylic acids is 2. The van der Waals surface area contributed by atoms with Crippen LogP contribution in [0, 0.1) is 19.8 Å². The van der Waals surface area contributed by atoms with Gasteiger partial charge in [-0.3, -0.25) is 9.59 Å². The molecule has 0 spiro atoms. The molecule has 2 amide bonds. The monoisotopic (exact) mass is 342 g/mol. The summed E-state index contributed by atoms with van der Waals surface area (Å²) in [6, 6.07) is 6.02. The van der Waals surface area contributed by atoms with Crippen LogP contribution < -0.4 is 5.32 Å². The maximum absolute atomic E-state index is 12.6. The lowest BCUT2D eigenvalue weighted by Gasteiger charge is -2.35. The Kier molecular flexibility index (Phi) is 5.77. The van der Waals surface area contributed by atoms with Gasteiger partial charge < -0.3 is 10.2 Å². The first kappa shape index (κ1) is 18.0. The summed E-state index contributed by atoms with van der Waals surface area (Å²) in [5, 5.41) is 3.17. The van der Waals surface area contributed by atoms with Crippen LogP contribution in [0.5, 0.6) is 0 Å². The van der Waals surface area contributed by atoms with E-state index >= 15 is 0 Å². The molecule has 1 N–H and O–H groups in total. The van der Waals surface area contributed by atoms with Gasteiger partial charge in [-0.1, -0.05) is 31.4 Å². The van der Waals surface area contributed by atoms with Crippen LogP contribution >= 0.6 is 0 Å². The molecule has 1 saturated carbocycles. The van der Waals surface area contributed by atoms with Crippen molar-refractivity contribution in [3.8, 4) is 0 Å². The molecular weight excluding hydrogens is 312 g/mol. The Bertz CT molecular complexity index is 627. The molecule has 2 aliphatic rings. The Labute approximate surface area is 151 Å². The van der Waals surface area contributed by atoms with Gasteiger partial charge in [0.15, 0.2) is 0 Å². The van der Waals surface area contributed by atoms with E-state index in [0.29, 0.717) is 5.91 Å². The van der Waals surface area contributed by atoms with Crippen LogP contribution in [-0.2, 0) is 4.79 Å². The molecule has 0 unspecified atom stereocenters. The van der Waals surface area contributed by atoms with E-state index in [1.54, 1.807) is 0 Å². The van der Waals surface area contributed by atoms with Crippen LogP contribution in [0.1, 0.15) is 66.4 Å². The minimum absolute atomic E-state index is 0.0123. The number of likely N-dealkylation sites (tertiary alicyclic amines) is 1. The van der Waals surface area contributed by atoms with Gasteiger partial charge in [0, 0.05) is 30.6 Å². The van der Waals surface area contributed by atoms with Crippen LogP contribution in [0.15, 0.2) is 18.2 Å². The normalized spacial score (nSPS) is 19.7. The van der Waals surface area contributed by atoms with E-state index in [0.717, 1.165) is 55.5 Å². The third-order valence-electron chi connectivity index (χ3n) is 5.95. The van der Waals surface area contributed by atoms with Crippen molar-refractivity contribution in [3.05, 3.63) is 34.9 Å². The summed E-state index contributed by atoms with van der Waals surface area (Å²) in [6.45, 7) is 5.57. The second-order valence-electron chi connectivity index (χ2n) is 7.66.